The number of nitrogens with one attached hydrogen (secondary N) is 1. The summed E-state index contributed by atoms with van der Waals surface area (Å²) in [7, 11) is 1.68. The number of primary amides is 1. The lowest BCUT2D eigenvalue weighted by Crippen LogP contribution is -2.39. The minimum Gasteiger partial charge on any atom is -0.383 e. The molecule has 1 unspecified atom stereocenters. The number of amides is 1. The van der Waals surface area contributed by atoms with Gasteiger partial charge in [-0.2, -0.15) is 0 Å². The van der Waals surface area contributed by atoms with E-state index in [-0.39, 0.29) is 0 Å². The number of rotatable bonds is 7. The van der Waals surface area contributed by atoms with Crippen LogP contribution in [0.2, 0.25) is 0 Å². The molecule has 0 spiro atoms. The van der Waals surface area contributed by atoms with Crippen LogP contribution in [0.15, 0.2) is 18.3 Å². The Morgan fingerprint density at radius 2 is 2.50 bits per heavy atom. The van der Waals surface area contributed by atoms with Gasteiger partial charge in [0.15, 0.2) is 0 Å². The SMILES string of the molecule is COCCN(CC1CCCN1)c1cc(C(N)=O)ccn1. The maximum atomic E-state index is 11.3. The molecule has 1 atom stereocenters. The summed E-state index contributed by atoms with van der Waals surface area (Å²) < 4.78 is 5.15. The third-order valence-corrected chi connectivity index (χ3v) is 3.52. The van der Waals surface area contributed by atoms with E-state index in [1.807, 2.05) is 0 Å². The molecule has 20 heavy (non-hydrogen) atoms. The molecule has 2 heterocycles. The second-order valence-corrected chi connectivity index (χ2v) is 5.00. The van der Waals surface area contributed by atoms with Crippen LogP contribution in [0.25, 0.3) is 0 Å². The van der Waals surface area contributed by atoms with Crippen LogP contribution in [-0.4, -0.2) is 50.3 Å². The van der Waals surface area contributed by atoms with Gasteiger partial charge >= 0.3 is 0 Å². The van der Waals surface area contributed by atoms with Crippen LogP contribution in [0.4, 0.5) is 5.82 Å². The van der Waals surface area contributed by atoms with Crippen LogP contribution in [0, 0.1) is 0 Å². The van der Waals surface area contributed by atoms with Crippen LogP contribution in [0.3, 0.4) is 0 Å². The van der Waals surface area contributed by atoms with E-state index in [0.29, 0.717) is 18.2 Å². The van der Waals surface area contributed by atoms with Crippen molar-refractivity contribution in [3.63, 3.8) is 0 Å². The number of methoxy groups -OCH3 is 1. The largest absolute Gasteiger partial charge is 0.383 e. The lowest BCUT2D eigenvalue weighted by molar-refractivity contribution is 0.1000. The second kappa shape index (κ2) is 7.21. The summed E-state index contributed by atoms with van der Waals surface area (Å²) in [6, 6.07) is 3.84. The Kier molecular flexibility index (Phi) is 5.31. The van der Waals surface area contributed by atoms with Crippen molar-refractivity contribution in [2.75, 3.05) is 38.3 Å². The topological polar surface area (TPSA) is 80.5 Å². The Balaban J connectivity index is 2.11. The third kappa shape index (κ3) is 3.91. The van der Waals surface area contributed by atoms with Crippen molar-refractivity contribution in [2.24, 2.45) is 5.73 Å². The Labute approximate surface area is 119 Å². The maximum Gasteiger partial charge on any atom is 0.248 e. The van der Waals surface area contributed by atoms with Gasteiger partial charge in [0.1, 0.15) is 5.82 Å². The Bertz CT molecular complexity index is 447. The molecular formula is C14H22N4O2. The van der Waals surface area contributed by atoms with E-state index in [2.05, 4.69) is 15.2 Å². The summed E-state index contributed by atoms with van der Waals surface area (Å²) in [5.41, 5.74) is 5.81. The fourth-order valence-electron chi connectivity index (χ4n) is 2.42. The minimum atomic E-state index is -0.431. The van der Waals surface area contributed by atoms with Crippen LogP contribution in [0.1, 0.15) is 23.2 Å². The van der Waals surface area contributed by atoms with Gasteiger partial charge in [0.2, 0.25) is 5.91 Å². The first-order chi connectivity index (χ1) is 9.70. The first-order valence-corrected chi connectivity index (χ1v) is 6.94. The molecule has 3 N–H and O–H groups in total. The molecule has 0 radical (unpaired) electrons. The van der Waals surface area contributed by atoms with Gasteiger partial charge in [0.05, 0.1) is 6.61 Å². The highest BCUT2D eigenvalue weighted by molar-refractivity contribution is 5.93. The number of carbonyl (C=O) groups is 1. The van der Waals surface area contributed by atoms with Crippen LogP contribution < -0.4 is 16.0 Å². The summed E-state index contributed by atoms with van der Waals surface area (Å²) in [5, 5.41) is 3.47. The van der Waals surface area contributed by atoms with Crippen molar-refractivity contribution in [1.82, 2.24) is 10.3 Å². The summed E-state index contributed by atoms with van der Waals surface area (Å²) in [6.07, 6.45) is 3.99. The minimum absolute atomic E-state index is 0.431. The van der Waals surface area contributed by atoms with Gasteiger partial charge in [-0.25, -0.2) is 4.98 Å². The number of nitrogens with zero attached hydrogens (tertiary/aromatic N) is 2. The fraction of sp³-hybridized carbons (Fsp3) is 0.571. The lowest BCUT2D eigenvalue weighted by atomic mass is 10.2. The lowest BCUT2D eigenvalue weighted by Gasteiger charge is -2.26. The molecule has 1 amide bonds. The molecule has 1 saturated heterocycles. The highest BCUT2D eigenvalue weighted by atomic mass is 16.5. The first kappa shape index (κ1) is 14.7. The van der Waals surface area contributed by atoms with E-state index >= 15 is 0 Å². The van der Waals surface area contributed by atoms with Crippen molar-refractivity contribution >= 4 is 11.7 Å². The van der Waals surface area contributed by atoms with Gasteiger partial charge in [-0.15, -0.1) is 0 Å². The average molecular weight is 278 g/mol. The summed E-state index contributed by atoms with van der Waals surface area (Å²) in [6.45, 7) is 3.29. The van der Waals surface area contributed by atoms with Crippen molar-refractivity contribution in [1.29, 1.82) is 0 Å². The van der Waals surface area contributed by atoms with E-state index in [9.17, 15) is 4.79 Å². The van der Waals surface area contributed by atoms with Gasteiger partial charge in [0, 0.05) is 38.0 Å². The van der Waals surface area contributed by atoms with Gasteiger partial charge in [0.25, 0.3) is 0 Å². The van der Waals surface area contributed by atoms with Gasteiger partial charge in [-0.05, 0) is 31.5 Å². The number of hydrogen-bond donors (Lipinski definition) is 2. The molecule has 0 aliphatic carbocycles. The zero-order chi connectivity index (χ0) is 14.4. The predicted octanol–water partition coefficient (Wildman–Crippen LogP) is 0.385. The van der Waals surface area contributed by atoms with Crippen molar-refractivity contribution < 1.29 is 9.53 Å². The number of pyridine rings is 1. The molecule has 6 nitrogen and oxygen atoms in total. The molecule has 0 aromatic carbocycles. The molecule has 0 bridgehead atoms. The van der Waals surface area contributed by atoms with Crippen molar-refractivity contribution in [3.05, 3.63) is 23.9 Å². The zero-order valence-electron chi connectivity index (χ0n) is 11.8. The summed E-state index contributed by atoms with van der Waals surface area (Å²) in [4.78, 5) is 17.8. The molecule has 1 aromatic rings. The van der Waals surface area contributed by atoms with Gasteiger partial charge in [-0.3, -0.25) is 4.79 Å². The van der Waals surface area contributed by atoms with Crippen LogP contribution in [0.5, 0.6) is 0 Å². The van der Waals surface area contributed by atoms with E-state index in [1.54, 1.807) is 25.4 Å². The van der Waals surface area contributed by atoms with E-state index < -0.39 is 5.91 Å². The number of anilines is 1. The van der Waals surface area contributed by atoms with Crippen molar-refractivity contribution in [3.8, 4) is 0 Å². The molecule has 110 valence electrons. The normalized spacial score (nSPS) is 18.1. The predicted molar refractivity (Wildman–Crippen MR) is 77.9 cm³/mol. The quantitative estimate of drug-likeness (QED) is 0.754. The highest BCUT2D eigenvalue weighted by Gasteiger charge is 2.19. The van der Waals surface area contributed by atoms with Crippen LogP contribution in [-0.2, 0) is 4.74 Å². The van der Waals surface area contributed by atoms with Crippen molar-refractivity contribution in [2.45, 2.75) is 18.9 Å². The Hall–Kier alpha value is -1.66. The van der Waals surface area contributed by atoms with E-state index in [0.717, 1.165) is 25.5 Å². The molecule has 1 aromatic heterocycles. The number of nitrogens with two attached hydrogens (primary N) is 1. The summed E-state index contributed by atoms with van der Waals surface area (Å²) in [5.74, 6) is 0.339. The number of hydrogen-bond acceptors (Lipinski definition) is 5. The average Bonchev–Trinajstić information content (AvgIpc) is 2.96. The molecule has 1 fully saturated rings. The molecule has 1 aliphatic heterocycles. The fourth-order valence-corrected chi connectivity index (χ4v) is 2.42. The van der Waals surface area contributed by atoms with Crippen LogP contribution >= 0.6 is 0 Å². The maximum absolute atomic E-state index is 11.3. The standard InChI is InChI=1S/C14H22N4O2/c1-20-8-7-18(10-12-3-2-5-16-12)13-9-11(14(15)19)4-6-17-13/h4,6,9,12,16H,2-3,5,7-8,10H2,1H3,(H2,15,19). The van der Waals surface area contributed by atoms with Gasteiger partial charge < -0.3 is 20.7 Å². The highest BCUT2D eigenvalue weighted by Crippen LogP contribution is 2.15. The molecule has 6 heteroatoms. The second-order valence-electron chi connectivity index (χ2n) is 5.00. The molecular weight excluding hydrogens is 256 g/mol. The Morgan fingerprint density at radius 3 is 3.15 bits per heavy atom. The number of carbonyl (C=O) groups excluding carboxylic acids is 1. The number of aromatic nitrogens is 1. The molecule has 0 saturated carbocycles. The van der Waals surface area contributed by atoms with Gasteiger partial charge in [-0.1, -0.05) is 0 Å². The summed E-state index contributed by atoms with van der Waals surface area (Å²) >= 11 is 0. The zero-order valence-corrected chi connectivity index (χ0v) is 11.8. The molecule has 1 aliphatic rings. The molecule has 2 rings (SSSR count). The smallest absolute Gasteiger partial charge is 0.248 e. The third-order valence-electron chi connectivity index (χ3n) is 3.52. The van der Waals surface area contributed by atoms with E-state index in [1.165, 1.54) is 12.8 Å². The Morgan fingerprint density at radius 1 is 1.65 bits per heavy atom. The number of ether oxygens (including phenoxy) is 1. The van der Waals surface area contributed by atoms with E-state index in [4.69, 9.17) is 10.5 Å². The first-order valence-electron chi connectivity index (χ1n) is 6.94. The monoisotopic (exact) mass is 278 g/mol.